The number of hydrogen-bond donors (Lipinski definition) is 1. The van der Waals surface area contributed by atoms with E-state index in [0.29, 0.717) is 13.1 Å². The van der Waals surface area contributed by atoms with E-state index < -0.39 is 0 Å². The van der Waals surface area contributed by atoms with E-state index in [4.69, 9.17) is 0 Å². The molecule has 1 aliphatic rings. The van der Waals surface area contributed by atoms with Crippen LogP contribution < -0.4 is 10.2 Å². The normalized spacial score (nSPS) is 17.4. The minimum atomic E-state index is -0.00325. The number of carbonyl (C=O) groups is 1. The lowest BCUT2D eigenvalue weighted by Gasteiger charge is -2.28. The largest absolute Gasteiger partial charge is 0.372 e. The number of likely N-dealkylation sites (N-methyl/N-ethyl adjacent to an activating group) is 1. The summed E-state index contributed by atoms with van der Waals surface area (Å²) in [5.74, 6) is 0. The first-order valence-corrected chi connectivity index (χ1v) is 8.35. The van der Waals surface area contributed by atoms with Crippen molar-refractivity contribution < 1.29 is 4.79 Å². The van der Waals surface area contributed by atoms with Crippen molar-refractivity contribution in [2.45, 2.75) is 25.9 Å². The standard InChI is InChI=1S/C18H25N5O/c1-14-11-21(2)17-7-5-4-6-16(17)13-23(14)18(24)19-9-8-15-10-20-22(3)12-15/h4-7,10,12,14H,8-9,11,13H2,1-3H3,(H,19,24). The maximum Gasteiger partial charge on any atom is 0.318 e. The Labute approximate surface area is 143 Å². The van der Waals surface area contributed by atoms with Crippen LogP contribution >= 0.6 is 0 Å². The van der Waals surface area contributed by atoms with Crippen LogP contribution in [0.1, 0.15) is 18.1 Å². The van der Waals surface area contributed by atoms with Gasteiger partial charge >= 0.3 is 6.03 Å². The summed E-state index contributed by atoms with van der Waals surface area (Å²) in [4.78, 5) is 16.8. The van der Waals surface area contributed by atoms with Gasteiger partial charge in [0, 0.05) is 51.7 Å². The fourth-order valence-corrected chi connectivity index (χ4v) is 3.24. The summed E-state index contributed by atoms with van der Waals surface area (Å²) in [7, 11) is 3.98. The van der Waals surface area contributed by atoms with Crippen LogP contribution in [0.3, 0.4) is 0 Å². The summed E-state index contributed by atoms with van der Waals surface area (Å²) in [6, 6.07) is 8.44. The molecule has 2 aromatic rings. The molecule has 2 heterocycles. The first kappa shape index (κ1) is 16.4. The number of hydrogen-bond acceptors (Lipinski definition) is 3. The third kappa shape index (κ3) is 3.53. The molecule has 0 aliphatic carbocycles. The minimum Gasteiger partial charge on any atom is -0.372 e. The van der Waals surface area contributed by atoms with E-state index in [1.54, 1.807) is 4.68 Å². The van der Waals surface area contributed by atoms with Gasteiger partial charge in [-0.2, -0.15) is 5.10 Å². The molecule has 1 atom stereocenters. The van der Waals surface area contributed by atoms with Crippen LogP contribution in [0.5, 0.6) is 0 Å². The highest BCUT2D eigenvalue weighted by molar-refractivity contribution is 5.75. The monoisotopic (exact) mass is 327 g/mol. The Bertz CT molecular complexity index is 711. The molecule has 0 spiro atoms. The zero-order valence-corrected chi connectivity index (χ0v) is 14.6. The van der Waals surface area contributed by atoms with Crippen LogP contribution in [-0.4, -0.2) is 46.9 Å². The highest BCUT2D eigenvalue weighted by Crippen LogP contribution is 2.25. The van der Waals surface area contributed by atoms with Gasteiger partial charge in [-0.15, -0.1) is 0 Å². The van der Waals surface area contributed by atoms with Crippen LogP contribution in [0.15, 0.2) is 36.7 Å². The summed E-state index contributed by atoms with van der Waals surface area (Å²) in [6.07, 6.45) is 4.61. The number of para-hydroxylation sites is 1. The Morgan fingerprint density at radius 1 is 1.33 bits per heavy atom. The third-order valence-electron chi connectivity index (χ3n) is 4.52. The summed E-state index contributed by atoms with van der Waals surface area (Å²) >= 11 is 0. The quantitative estimate of drug-likeness (QED) is 0.938. The molecular formula is C18H25N5O. The average molecular weight is 327 g/mol. The fraction of sp³-hybridized carbons (Fsp3) is 0.444. The Hall–Kier alpha value is -2.50. The minimum absolute atomic E-state index is 0.00325. The second kappa shape index (κ2) is 6.95. The summed E-state index contributed by atoms with van der Waals surface area (Å²) in [5.41, 5.74) is 3.52. The number of carbonyl (C=O) groups excluding carboxylic acids is 1. The molecule has 24 heavy (non-hydrogen) atoms. The molecule has 128 valence electrons. The fourth-order valence-electron chi connectivity index (χ4n) is 3.24. The van der Waals surface area contributed by atoms with Gasteiger partial charge in [-0.25, -0.2) is 4.79 Å². The summed E-state index contributed by atoms with van der Waals surface area (Å²) in [6.45, 7) is 4.18. The molecule has 1 unspecified atom stereocenters. The Morgan fingerprint density at radius 2 is 2.12 bits per heavy atom. The highest BCUT2D eigenvalue weighted by Gasteiger charge is 2.26. The van der Waals surface area contributed by atoms with Gasteiger partial charge in [0.15, 0.2) is 0 Å². The van der Waals surface area contributed by atoms with E-state index >= 15 is 0 Å². The maximum atomic E-state index is 12.6. The number of nitrogens with one attached hydrogen (secondary N) is 1. The molecule has 1 aromatic heterocycles. The van der Waals surface area contributed by atoms with Gasteiger partial charge in [-0.3, -0.25) is 4.68 Å². The number of nitrogens with zero attached hydrogens (tertiary/aromatic N) is 4. The van der Waals surface area contributed by atoms with E-state index in [1.165, 1.54) is 11.3 Å². The first-order valence-electron chi connectivity index (χ1n) is 8.35. The van der Waals surface area contributed by atoms with Crippen molar-refractivity contribution >= 4 is 11.7 Å². The summed E-state index contributed by atoms with van der Waals surface area (Å²) in [5, 5.41) is 7.20. The first-order chi connectivity index (χ1) is 11.5. The number of anilines is 1. The number of urea groups is 1. The molecule has 1 N–H and O–H groups in total. The van der Waals surface area contributed by atoms with Crippen LogP contribution in [-0.2, 0) is 20.0 Å². The van der Waals surface area contributed by atoms with Crippen LogP contribution in [0, 0.1) is 0 Å². The maximum absolute atomic E-state index is 12.6. The number of fused-ring (bicyclic) bond motifs is 1. The Morgan fingerprint density at radius 3 is 2.88 bits per heavy atom. The zero-order valence-electron chi connectivity index (χ0n) is 14.6. The average Bonchev–Trinajstić information content (AvgIpc) is 2.92. The summed E-state index contributed by atoms with van der Waals surface area (Å²) < 4.78 is 1.78. The number of amides is 2. The molecule has 0 saturated carbocycles. The second-order valence-electron chi connectivity index (χ2n) is 6.49. The van der Waals surface area contributed by atoms with Crippen LogP contribution in [0.2, 0.25) is 0 Å². The van der Waals surface area contributed by atoms with E-state index in [9.17, 15) is 4.79 Å². The van der Waals surface area contributed by atoms with Crippen molar-refractivity contribution in [3.8, 4) is 0 Å². The molecule has 3 rings (SSSR count). The predicted octanol–water partition coefficient (Wildman–Crippen LogP) is 2.01. The molecule has 1 aromatic carbocycles. The van der Waals surface area contributed by atoms with E-state index in [1.807, 2.05) is 36.5 Å². The molecule has 2 amide bonds. The van der Waals surface area contributed by atoms with Gasteiger partial charge in [-0.05, 0) is 30.5 Å². The smallest absolute Gasteiger partial charge is 0.318 e. The van der Waals surface area contributed by atoms with E-state index in [-0.39, 0.29) is 12.1 Å². The molecule has 0 bridgehead atoms. The topological polar surface area (TPSA) is 53.4 Å². The van der Waals surface area contributed by atoms with Gasteiger partial charge in [0.2, 0.25) is 0 Å². The molecule has 0 saturated heterocycles. The van der Waals surface area contributed by atoms with Gasteiger partial charge < -0.3 is 15.1 Å². The number of aromatic nitrogens is 2. The highest BCUT2D eigenvalue weighted by atomic mass is 16.2. The molecule has 6 heteroatoms. The molecule has 0 fully saturated rings. The second-order valence-corrected chi connectivity index (χ2v) is 6.49. The zero-order chi connectivity index (χ0) is 17.1. The van der Waals surface area contributed by atoms with Crippen molar-refractivity contribution in [1.29, 1.82) is 0 Å². The van der Waals surface area contributed by atoms with Crippen LogP contribution in [0.25, 0.3) is 0 Å². The third-order valence-corrected chi connectivity index (χ3v) is 4.52. The predicted molar refractivity (Wildman–Crippen MR) is 95.0 cm³/mol. The van der Waals surface area contributed by atoms with E-state index in [2.05, 4.69) is 41.4 Å². The Kier molecular flexibility index (Phi) is 4.74. The lowest BCUT2D eigenvalue weighted by atomic mass is 10.1. The molecule has 0 radical (unpaired) electrons. The van der Waals surface area contributed by atoms with Gasteiger partial charge in [0.05, 0.1) is 6.20 Å². The Balaban J connectivity index is 1.63. The number of benzene rings is 1. The molecular weight excluding hydrogens is 302 g/mol. The lowest BCUT2D eigenvalue weighted by molar-refractivity contribution is 0.178. The number of aryl methyl sites for hydroxylation is 1. The van der Waals surface area contributed by atoms with Crippen molar-refractivity contribution in [3.05, 3.63) is 47.8 Å². The van der Waals surface area contributed by atoms with Crippen molar-refractivity contribution in [2.24, 2.45) is 7.05 Å². The van der Waals surface area contributed by atoms with Crippen molar-refractivity contribution in [2.75, 3.05) is 25.0 Å². The SMILES string of the molecule is CC1CN(C)c2ccccc2CN1C(=O)NCCc1cnn(C)c1. The van der Waals surface area contributed by atoms with E-state index in [0.717, 1.165) is 18.5 Å². The van der Waals surface area contributed by atoms with Crippen LogP contribution in [0.4, 0.5) is 10.5 Å². The van der Waals surface area contributed by atoms with Gasteiger partial charge in [0.1, 0.15) is 0 Å². The van der Waals surface area contributed by atoms with Crippen molar-refractivity contribution in [1.82, 2.24) is 20.0 Å². The van der Waals surface area contributed by atoms with Gasteiger partial charge in [-0.1, -0.05) is 18.2 Å². The lowest BCUT2D eigenvalue weighted by Crippen LogP contribution is -2.47. The van der Waals surface area contributed by atoms with Crippen molar-refractivity contribution in [3.63, 3.8) is 0 Å². The van der Waals surface area contributed by atoms with Gasteiger partial charge in [0.25, 0.3) is 0 Å². The molecule has 6 nitrogen and oxygen atoms in total. The molecule has 1 aliphatic heterocycles. The number of rotatable bonds is 3.